The van der Waals surface area contributed by atoms with Crippen LogP contribution < -0.4 is 0 Å². The Morgan fingerprint density at radius 3 is 2.43 bits per heavy atom. The van der Waals surface area contributed by atoms with Crippen LogP contribution in [0, 0.1) is 0 Å². The van der Waals surface area contributed by atoms with Gasteiger partial charge in [-0.1, -0.05) is 0 Å². The minimum atomic E-state index is -1.16. The molecule has 0 atom stereocenters. The van der Waals surface area contributed by atoms with E-state index in [4.69, 9.17) is 9.84 Å². The number of aromatic nitrogens is 1. The Balaban J connectivity index is 1.93. The molecule has 8 nitrogen and oxygen atoms in total. The molecule has 0 saturated carbocycles. The monoisotopic (exact) mass is 313 g/mol. The van der Waals surface area contributed by atoms with Crippen LogP contribution in [0.5, 0.6) is 0 Å². The molecule has 0 bridgehead atoms. The van der Waals surface area contributed by atoms with Crippen molar-refractivity contribution >= 4 is 29.3 Å². The second-order valence-electron chi connectivity index (χ2n) is 4.32. The fourth-order valence-corrected chi connectivity index (χ4v) is 2.67. The molecular formula is C12H15N3O5S. The predicted octanol–water partition coefficient (Wildman–Crippen LogP) is 0.756. The largest absolute Gasteiger partial charge is 0.476 e. The highest BCUT2D eigenvalue weighted by Gasteiger charge is 2.27. The zero-order chi connectivity index (χ0) is 15.4. The van der Waals surface area contributed by atoms with Crippen LogP contribution in [0.25, 0.3) is 0 Å². The maximum Gasteiger partial charge on any atom is 0.409 e. The van der Waals surface area contributed by atoms with Gasteiger partial charge in [0.05, 0.1) is 6.61 Å². The van der Waals surface area contributed by atoms with Crippen LogP contribution in [0.2, 0.25) is 0 Å². The molecule has 2 amide bonds. The summed E-state index contributed by atoms with van der Waals surface area (Å²) in [5.41, 5.74) is -0.131. The molecule has 2 rings (SSSR count). The van der Waals surface area contributed by atoms with Crippen molar-refractivity contribution in [1.29, 1.82) is 0 Å². The van der Waals surface area contributed by atoms with Crippen molar-refractivity contribution in [2.75, 3.05) is 32.8 Å². The van der Waals surface area contributed by atoms with E-state index in [2.05, 4.69) is 4.98 Å². The van der Waals surface area contributed by atoms with Gasteiger partial charge in [-0.2, -0.15) is 0 Å². The summed E-state index contributed by atoms with van der Waals surface area (Å²) >= 11 is 1.01. The highest BCUT2D eigenvalue weighted by Crippen LogP contribution is 2.14. The van der Waals surface area contributed by atoms with Gasteiger partial charge in [-0.05, 0) is 6.92 Å². The number of carbonyl (C=O) groups is 3. The highest BCUT2D eigenvalue weighted by atomic mass is 32.1. The molecule has 0 aromatic carbocycles. The number of nitrogens with zero attached hydrogens (tertiary/aromatic N) is 3. The van der Waals surface area contributed by atoms with Crippen LogP contribution in [-0.4, -0.2) is 70.6 Å². The van der Waals surface area contributed by atoms with Crippen molar-refractivity contribution in [2.45, 2.75) is 6.92 Å². The molecule has 1 aliphatic heterocycles. The van der Waals surface area contributed by atoms with E-state index >= 15 is 0 Å². The average molecular weight is 313 g/mol. The van der Waals surface area contributed by atoms with E-state index in [9.17, 15) is 14.4 Å². The number of carboxylic acids is 1. The number of hydrogen-bond acceptors (Lipinski definition) is 6. The fraction of sp³-hybridized carbons (Fsp3) is 0.500. The van der Waals surface area contributed by atoms with Gasteiger partial charge in [-0.25, -0.2) is 14.6 Å². The summed E-state index contributed by atoms with van der Waals surface area (Å²) in [6, 6.07) is 0. The maximum atomic E-state index is 12.2. The number of carbonyl (C=O) groups excluding carboxylic acids is 2. The molecule has 1 saturated heterocycles. The smallest absolute Gasteiger partial charge is 0.409 e. The number of ether oxygens (including phenoxy) is 1. The molecule has 1 aromatic rings. The summed E-state index contributed by atoms with van der Waals surface area (Å²) < 4.78 is 4.90. The zero-order valence-corrected chi connectivity index (χ0v) is 12.3. The third-order valence-corrected chi connectivity index (χ3v) is 3.83. The standard InChI is InChI=1S/C12H15N3O5S/c1-2-20-12(19)15-5-3-14(4-6-15)10(16)9-13-8(7-21-9)11(17)18/h7H,2-6H2,1H3,(H,17,18). The normalized spacial score (nSPS) is 14.9. The lowest BCUT2D eigenvalue weighted by Crippen LogP contribution is -2.50. The van der Waals surface area contributed by atoms with Crippen LogP contribution in [0.1, 0.15) is 27.2 Å². The molecule has 0 spiro atoms. The molecule has 0 unspecified atom stereocenters. The van der Waals surface area contributed by atoms with E-state index in [1.807, 2.05) is 0 Å². The van der Waals surface area contributed by atoms with Crippen molar-refractivity contribution in [3.05, 3.63) is 16.1 Å². The molecule has 114 valence electrons. The summed E-state index contributed by atoms with van der Waals surface area (Å²) in [7, 11) is 0. The minimum Gasteiger partial charge on any atom is -0.476 e. The van der Waals surface area contributed by atoms with E-state index < -0.39 is 5.97 Å². The number of hydrogen-bond donors (Lipinski definition) is 1. The SMILES string of the molecule is CCOC(=O)N1CCN(C(=O)c2nc(C(=O)O)cs2)CC1. The lowest BCUT2D eigenvalue weighted by molar-refractivity contribution is 0.0569. The Morgan fingerprint density at radius 1 is 1.29 bits per heavy atom. The van der Waals surface area contributed by atoms with Gasteiger partial charge in [0.25, 0.3) is 5.91 Å². The third-order valence-electron chi connectivity index (χ3n) is 3.00. The molecule has 1 N–H and O–H groups in total. The Bertz CT molecular complexity index is 551. The first-order chi connectivity index (χ1) is 10.0. The minimum absolute atomic E-state index is 0.131. The van der Waals surface area contributed by atoms with Gasteiger partial charge in [-0.3, -0.25) is 4.79 Å². The first-order valence-electron chi connectivity index (χ1n) is 6.42. The number of thiazole rings is 1. The molecular weight excluding hydrogens is 298 g/mol. The van der Waals surface area contributed by atoms with Gasteiger partial charge in [0.2, 0.25) is 0 Å². The third kappa shape index (κ3) is 3.48. The first kappa shape index (κ1) is 15.2. The van der Waals surface area contributed by atoms with Crippen molar-refractivity contribution in [1.82, 2.24) is 14.8 Å². The van der Waals surface area contributed by atoms with Gasteiger partial charge in [0, 0.05) is 31.6 Å². The number of rotatable bonds is 3. The van der Waals surface area contributed by atoms with Crippen LogP contribution in [0.4, 0.5) is 4.79 Å². The molecule has 0 aliphatic carbocycles. The fourth-order valence-electron chi connectivity index (χ4n) is 1.91. The number of carboxylic acid groups (broad SMARTS) is 1. The van der Waals surface area contributed by atoms with Crippen molar-refractivity contribution < 1.29 is 24.2 Å². The summed E-state index contributed by atoms with van der Waals surface area (Å²) in [6.07, 6.45) is -0.382. The van der Waals surface area contributed by atoms with Crippen LogP contribution in [0.3, 0.4) is 0 Å². The highest BCUT2D eigenvalue weighted by molar-refractivity contribution is 7.11. The Labute approximate surface area is 124 Å². The molecule has 21 heavy (non-hydrogen) atoms. The number of aromatic carboxylic acids is 1. The van der Waals surface area contributed by atoms with Crippen molar-refractivity contribution in [3.63, 3.8) is 0 Å². The van der Waals surface area contributed by atoms with Crippen LogP contribution >= 0.6 is 11.3 Å². The van der Waals surface area contributed by atoms with Crippen LogP contribution in [-0.2, 0) is 4.74 Å². The molecule has 2 heterocycles. The second kappa shape index (κ2) is 6.53. The van der Waals surface area contributed by atoms with E-state index in [1.165, 1.54) is 10.3 Å². The van der Waals surface area contributed by atoms with Crippen molar-refractivity contribution in [2.24, 2.45) is 0 Å². The van der Waals surface area contributed by atoms with Gasteiger partial charge < -0.3 is 19.6 Å². The quantitative estimate of drug-likeness (QED) is 0.884. The summed E-state index contributed by atoms with van der Waals surface area (Å²) in [5.74, 6) is -1.46. The average Bonchev–Trinajstić information content (AvgIpc) is 2.97. The lowest BCUT2D eigenvalue weighted by atomic mass is 10.3. The molecule has 1 fully saturated rings. The summed E-state index contributed by atoms with van der Waals surface area (Å²) in [4.78, 5) is 41.4. The van der Waals surface area contributed by atoms with E-state index in [1.54, 1.807) is 11.8 Å². The molecule has 1 aromatic heterocycles. The van der Waals surface area contributed by atoms with Gasteiger partial charge >= 0.3 is 12.1 Å². The molecule has 0 radical (unpaired) electrons. The van der Waals surface area contributed by atoms with Crippen molar-refractivity contribution in [3.8, 4) is 0 Å². The summed E-state index contributed by atoms with van der Waals surface area (Å²) in [5, 5.41) is 10.3. The maximum absolute atomic E-state index is 12.2. The van der Waals surface area contributed by atoms with E-state index in [-0.39, 0.29) is 22.7 Å². The van der Waals surface area contributed by atoms with Gasteiger partial charge in [-0.15, -0.1) is 11.3 Å². The number of amides is 2. The first-order valence-corrected chi connectivity index (χ1v) is 7.30. The number of piperazine rings is 1. The zero-order valence-electron chi connectivity index (χ0n) is 11.4. The Morgan fingerprint density at radius 2 is 1.90 bits per heavy atom. The Kier molecular flexibility index (Phi) is 4.73. The Hall–Kier alpha value is -2.16. The van der Waals surface area contributed by atoms with E-state index in [0.29, 0.717) is 32.8 Å². The van der Waals surface area contributed by atoms with Gasteiger partial charge in [0.15, 0.2) is 10.7 Å². The second-order valence-corrected chi connectivity index (χ2v) is 5.18. The molecule has 1 aliphatic rings. The van der Waals surface area contributed by atoms with E-state index in [0.717, 1.165) is 11.3 Å². The predicted molar refractivity (Wildman–Crippen MR) is 73.6 cm³/mol. The van der Waals surface area contributed by atoms with Crippen LogP contribution in [0.15, 0.2) is 5.38 Å². The topological polar surface area (TPSA) is 100 Å². The molecule has 9 heteroatoms. The lowest BCUT2D eigenvalue weighted by Gasteiger charge is -2.33. The van der Waals surface area contributed by atoms with Gasteiger partial charge in [0.1, 0.15) is 0 Å². The summed E-state index contributed by atoms with van der Waals surface area (Å²) in [6.45, 7) is 3.58.